The third kappa shape index (κ3) is 2.63. The number of carbonyl (C=O) groups excluding carboxylic acids is 1. The van der Waals surface area contributed by atoms with Crippen molar-refractivity contribution in [3.63, 3.8) is 0 Å². The first-order valence-corrected chi connectivity index (χ1v) is 6.95. The average molecular weight is 238 g/mol. The number of amides is 1. The van der Waals surface area contributed by atoms with Crippen LogP contribution in [-0.4, -0.2) is 61.1 Å². The maximum atomic E-state index is 12.0. The van der Waals surface area contributed by atoms with E-state index in [2.05, 4.69) is 9.80 Å². The topological polar surface area (TPSA) is 32.8 Å². The molecule has 0 aromatic rings. The molecule has 2 saturated heterocycles. The lowest BCUT2D eigenvalue weighted by Gasteiger charge is -2.26. The molecule has 3 aliphatic rings. The minimum absolute atomic E-state index is 0.372. The summed E-state index contributed by atoms with van der Waals surface area (Å²) in [6.07, 6.45) is 4.52. The van der Waals surface area contributed by atoms with Crippen molar-refractivity contribution >= 4 is 5.91 Å². The second kappa shape index (κ2) is 4.94. The van der Waals surface area contributed by atoms with Gasteiger partial charge in [-0.1, -0.05) is 0 Å². The zero-order valence-electron chi connectivity index (χ0n) is 10.4. The van der Waals surface area contributed by atoms with E-state index in [1.807, 2.05) is 0 Å². The van der Waals surface area contributed by atoms with Crippen LogP contribution in [0.3, 0.4) is 0 Å². The summed E-state index contributed by atoms with van der Waals surface area (Å²) in [7, 11) is 0. The lowest BCUT2D eigenvalue weighted by Crippen LogP contribution is -2.40. The third-order valence-corrected chi connectivity index (χ3v) is 4.19. The Balaban J connectivity index is 1.53. The monoisotopic (exact) mass is 238 g/mol. The normalized spacial score (nSPS) is 31.5. The predicted octanol–water partition coefficient (Wildman–Crippen LogP) is 0.720. The quantitative estimate of drug-likeness (QED) is 0.710. The van der Waals surface area contributed by atoms with Gasteiger partial charge in [-0.2, -0.15) is 0 Å². The summed E-state index contributed by atoms with van der Waals surface area (Å²) in [5.74, 6) is 0.783. The van der Waals surface area contributed by atoms with E-state index in [0.717, 1.165) is 65.1 Å². The Hall–Kier alpha value is -0.610. The average Bonchev–Trinajstić information content (AvgIpc) is 3.11. The molecule has 3 rings (SSSR count). The van der Waals surface area contributed by atoms with Crippen LogP contribution >= 0.6 is 0 Å². The first-order chi connectivity index (χ1) is 8.34. The maximum Gasteiger partial charge on any atom is 0.225 e. The Morgan fingerprint density at radius 1 is 1.06 bits per heavy atom. The highest BCUT2D eigenvalue weighted by atomic mass is 16.5. The van der Waals surface area contributed by atoms with Gasteiger partial charge in [0, 0.05) is 44.7 Å². The Labute approximate surface area is 103 Å². The van der Waals surface area contributed by atoms with Gasteiger partial charge in [-0.15, -0.1) is 0 Å². The van der Waals surface area contributed by atoms with Gasteiger partial charge >= 0.3 is 0 Å². The van der Waals surface area contributed by atoms with Crippen molar-refractivity contribution in [2.24, 2.45) is 5.92 Å². The van der Waals surface area contributed by atoms with Gasteiger partial charge in [0.2, 0.25) is 5.91 Å². The molecule has 4 heteroatoms. The molecule has 4 nitrogen and oxygen atoms in total. The molecule has 0 N–H and O–H groups in total. The van der Waals surface area contributed by atoms with Gasteiger partial charge in [-0.3, -0.25) is 9.69 Å². The van der Waals surface area contributed by atoms with Crippen molar-refractivity contribution in [2.45, 2.75) is 31.7 Å². The molecule has 0 radical (unpaired) electrons. The lowest BCUT2D eigenvalue weighted by molar-refractivity contribution is -0.132. The Kier molecular flexibility index (Phi) is 3.34. The summed E-state index contributed by atoms with van der Waals surface area (Å²) in [6.45, 7) is 5.84. The fraction of sp³-hybridized carbons (Fsp3) is 0.923. The van der Waals surface area contributed by atoms with E-state index in [4.69, 9.17) is 4.74 Å². The van der Waals surface area contributed by atoms with Crippen molar-refractivity contribution in [1.29, 1.82) is 0 Å². The summed E-state index contributed by atoms with van der Waals surface area (Å²) in [5.41, 5.74) is 0. The molecule has 1 amide bonds. The minimum atomic E-state index is 0.372. The summed E-state index contributed by atoms with van der Waals surface area (Å²) in [6, 6.07) is 0.603. The van der Waals surface area contributed by atoms with E-state index in [1.165, 1.54) is 0 Å². The van der Waals surface area contributed by atoms with Gasteiger partial charge in [0.25, 0.3) is 0 Å². The predicted molar refractivity (Wildman–Crippen MR) is 64.7 cm³/mol. The number of rotatable bonds is 2. The second-order valence-electron chi connectivity index (χ2n) is 5.51. The number of carbonyl (C=O) groups is 1. The summed E-state index contributed by atoms with van der Waals surface area (Å²) in [4.78, 5) is 16.6. The fourth-order valence-electron chi connectivity index (χ4n) is 2.92. The molecule has 1 saturated carbocycles. The molecule has 1 aliphatic carbocycles. The van der Waals surface area contributed by atoms with Gasteiger partial charge in [0.15, 0.2) is 0 Å². The minimum Gasteiger partial charge on any atom is -0.380 e. The molecule has 1 atom stereocenters. The molecule has 0 bridgehead atoms. The first kappa shape index (κ1) is 11.5. The van der Waals surface area contributed by atoms with E-state index in [1.54, 1.807) is 0 Å². The summed E-state index contributed by atoms with van der Waals surface area (Å²) in [5, 5.41) is 0. The van der Waals surface area contributed by atoms with E-state index < -0.39 is 0 Å². The van der Waals surface area contributed by atoms with Crippen LogP contribution < -0.4 is 0 Å². The van der Waals surface area contributed by atoms with Crippen LogP contribution in [0.2, 0.25) is 0 Å². The lowest BCUT2D eigenvalue weighted by atomic mass is 10.2. The highest BCUT2D eigenvalue weighted by Crippen LogP contribution is 2.31. The van der Waals surface area contributed by atoms with Crippen LogP contribution in [0, 0.1) is 5.92 Å². The van der Waals surface area contributed by atoms with Crippen LogP contribution in [0.4, 0.5) is 0 Å². The Morgan fingerprint density at radius 3 is 2.65 bits per heavy atom. The Bertz CT molecular complexity index is 285. The van der Waals surface area contributed by atoms with Crippen molar-refractivity contribution in [1.82, 2.24) is 9.80 Å². The molecule has 96 valence electrons. The molecule has 0 aromatic heterocycles. The SMILES string of the molecule is O=C(C1CC1)N1CCCN(C2CCOC2)CC1. The summed E-state index contributed by atoms with van der Waals surface area (Å²) < 4.78 is 5.45. The van der Waals surface area contributed by atoms with Crippen LogP contribution in [0.15, 0.2) is 0 Å². The number of hydrogen-bond donors (Lipinski definition) is 0. The van der Waals surface area contributed by atoms with Gasteiger partial charge in [-0.05, 0) is 25.7 Å². The van der Waals surface area contributed by atoms with Crippen molar-refractivity contribution < 1.29 is 9.53 Å². The zero-order valence-corrected chi connectivity index (χ0v) is 10.4. The molecule has 0 spiro atoms. The standard InChI is InChI=1S/C13H22N2O2/c16-13(11-2-3-11)15-6-1-5-14(7-8-15)12-4-9-17-10-12/h11-12H,1-10H2. The first-order valence-electron chi connectivity index (χ1n) is 6.95. The fourth-order valence-corrected chi connectivity index (χ4v) is 2.92. The van der Waals surface area contributed by atoms with Crippen LogP contribution in [0.5, 0.6) is 0 Å². The van der Waals surface area contributed by atoms with Crippen molar-refractivity contribution in [2.75, 3.05) is 39.4 Å². The van der Waals surface area contributed by atoms with E-state index >= 15 is 0 Å². The number of nitrogens with zero attached hydrogens (tertiary/aromatic N) is 2. The van der Waals surface area contributed by atoms with Crippen LogP contribution in [-0.2, 0) is 9.53 Å². The Morgan fingerprint density at radius 2 is 1.94 bits per heavy atom. The van der Waals surface area contributed by atoms with Gasteiger partial charge in [-0.25, -0.2) is 0 Å². The molecule has 3 fully saturated rings. The zero-order chi connectivity index (χ0) is 11.7. The van der Waals surface area contributed by atoms with Crippen LogP contribution in [0.1, 0.15) is 25.7 Å². The third-order valence-electron chi connectivity index (χ3n) is 4.19. The molecule has 17 heavy (non-hydrogen) atoms. The molecule has 1 unspecified atom stereocenters. The number of hydrogen-bond acceptors (Lipinski definition) is 3. The largest absolute Gasteiger partial charge is 0.380 e. The second-order valence-corrected chi connectivity index (χ2v) is 5.51. The maximum absolute atomic E-state index is 12.0. The van der Waals surface area contributed by atoms with Crippen molar-refractivity contribution in [3.05, 3.63) is 0 Å². The number of ether oxygens (including phenoxy) is 1. The molecule has 2 aliphatic heterocycles. The molecular weight excluding hydrogens is 216 g/mol. The smallest absolute Gasteiger partial charge is 0.225 e. The summed E-state index contributed by atoms with van der Waals surface area (Å²) >= 11 is 0. The van der Waals surface area contributed by atoms with Crippen molar-refractivity contribution in [3.8, 4) is 0 Å². The molecule has 2 heterocycles. The molecule has 0 aromatic carbocycles. The highest BCUT2D eigenvalue weighted by Gasteiger charge is 2.34. The van der Waals surface area contributed by atoms with Gasteiger partial charge in [0.05, 0.1) is 6.61 Å². The van der Waals surface area contributed by atoms with Gasteiger partial charge < -0.3 is 9.64 Å². The van der Waals surface area contributed by atoms with Crippen LogP contribution in [0.25, 0.3) is 0 Å². The van der Waals surface area contributed by atoms with Gasteiger partial charge in [0.1, 0.15) is 0 Å². The van der Waals surface area contributed by atoms with E-state index in [9.17, 15) is 4.79 Å². The molecular formula is C13H22N2O2. The van der Waals surface area contributed by atoms with E-state index in [0.29, 0.717) is 17.9 Å². The van der Waals surface area contributed by atoms with E-state index in [-0.39, 0.29) is 0 Å². The highest BCUT2D eigenvalue weighted by molar-refractivity contribution is 5.81.